The number of hydrogen-bond donors (Lipinski definition) is 1. The first-order valence-corrected chi connectivity index (χ1v) is 10.5. The third-order valence-electron chi connectivity index (χ3n) is 4.25. The number of rotatable bonds is 15. The molecule has 0 spiro atoms. The van der Waals surface area contributed by atoms with E-state index in [1.54, 1.807) is 0 Å². The molecule has 0 bridgehead atoms. The average Bonchev–Trinajstić information content (AvgIpc) is 2.45. The Hall–Kier alpha value is 0.870. The van der Waals surface area contributed by atoms with Crippen LogP contribution in [0.4, 0.5) is 0 Å². The molecule has 2 unspecified atom stereocenters. The molecular formula is C17H35NaO4S. The fraction of sp³-hybridized carbons (Fsp3) is 1.00. The molecule has 134 valence electrons. The van der Waals surface area contributed by atoms with Crippen LogP contribution >= 0.6 is 0 Å². The Morgan fingerprint density at radius 2 is 1.17 bits per heavy atom. The quantitative estimate of drug-likeness (QED) is 0.272. The van der Waals surface area contributed by atoms with Crippen molar-refractivity contribution in [1.82, 2.24) is 0 Å². The summed E-state index contributed by atoms with van der Waals surface area (Å²) in [6.45, 7) is 4.22. The van der Waals surface area contributed by atoms with E-state index in [4.69, 9.17) is 0 Å². The van der Waals surface area contributed by atoms with Crippen molar-refractivity contribution >= 4 is 10.1 Å². The maximum absolute atomic E-state index is 11.3. The predicted molar refractivity (Wildman–Crippen MR) is 90.9 cm³/mol. The molecule has 0 aliphatic heterocycles. The Bertz CT molecular complexity index is 347. The van der Waals surface area contributed by atoms with Crippen LogP contribution in [0.25, 0.3) is 0 Å². The molecule has 0 saturated heterocycles. The standard InChI is InChI=1S/C17H36O4S.Na/c1-3-5-7-8-9-10-11-13-14-16(18)17(22(19,20)21)15-12-6-4-2;/h16-18H,3-15H2,1-2H3,(H,19,20,21);/q;+1/p-1. The van der Waals surface area contributed by atoms with E-state index in [0.29, 0.717) is 12.8 Å². The van der Waals surface area contributed by atoms with E-state index in [0.717, 1.165) is 32.1 Å². The van der Waals surface area contributed by atoms with E-state index in [1.165, 1.54) is 32.1 Å². The minimum absolute atomic E-state index is 0. The van der Waals surface area contributed by atoms with E-state index in [9.17, 15) is 18.1 Å². The summed E-state index contributed by atoms with van der Waals surface area (Å²) >= 11 is 0. The molecule has 2 atom stereocenters. The normalized spacial score (nSPS) is 14.3. The van der Waals surface area contributed by atoms with Crippen molar-refractivity contribution in [3.05, 3.63) is 0 Å². The van der Waals surface area contributed by atoms with Crippen LogP contribution in [0.5, 0.6) is 0 Å². The third kappa shape index (κ3) is 14.9. The SMILES string of the molecule is CCCCCCCCCCC(O)C(CCCCC)S(=O)(=O)[O-].[Na+]. The Labute approximate surface area is 165 Å². The fourth-order valence-electron chi connectivity index (χ4n) is 2.80. The first-order chi connectivity index (χ1) is 10.4. The Morgan fingerprint density at radius 1 is 0.783 bits per heavy atom. The van der Waals surface area contributed by atoms with Crippen LogP contribution < -0.4 is 29.6 Å². The fourth-order valence-corrected chi connectivity index (χ4v) is 3.77. The van der Waals surface area contributed by atoms with Gasteiger partial charge in [0, 0.05) is 0 Å². The molecule has 0 heterocycles. The molecule has 1 N–H and O–H groups in total. The summed E-state index contributed by atoms with van der Waals surface area (Å²) in [5.41, 5.74) is 0. The second-order valence-electron chi connectivity index (χ2n) is 6.36. The van der Waals surface area contributed by atoms with E-state index in [2.05, 4.69) is 6.92 Å². The van der Waals surface area contributed by atoms with Crippen molar-refractivity contribution in [3.8, 4) is 0 Å². The van der Waals surface area contributed by atoms with E-state index < -0.39 is 21.5 Å². The predicted octanol–water partition coefficient (Wildman–Crippen LogP) is 1.38. The summed E-state index contributed by atoms with van der Waals surface area (Å²) in [6, 6.07) is 0. The Balaban J connectivity index is 0. The first kappa shape index (κ1) is 26.1. The summed E-state index contributed by atoms with van der Waals surface area (Å²) in [5, 5.41) is 8.92. The Morgan fingerprint density at radius 3 is 1.65 bits per heavy atom. The van der Waals surface area contributed by atoms with Crippen LogP contribution in [0, 0.1) is 0 Å². The van der Waals surface area contributed by atoms with Crippen molar-refractivity contribution in [2.45, 2.75) is 109 Å². The zero-order valence-corrected chi connectivity index (χ0v) is 18.2. The van der Waals surface area contributed by atoms with Gasteiger partial charge in [0.05, 0.1) is 11.4 Å². The number of unbranched alkanes of at least 4 members (excludes halogenated alkanes) is 9. The maximum Gasteiger partial charge on any atom is 1.00 e. The molecule has 0 aliphatic carbocycles. The summed E-state index contributed by atoms with van der Waals surface area (Å²) in [5.74, 6) is 0. The molecule has 0 aromatic heterocycles. The van der Waals surface area contributed by atoms with Gasteiger partial charge in [-0.25, -0.2) is 8.42 Å². The zero-order valence-electron chi connectivity index (χ0n) is 15.4. The first-order valence-electron chi connectivity index (χ1n) is 9.06. The molecule has 0 amide bonds. The number of hydrogen-bond acceptors (Lipinski definition) is 4. The molecule has 0 fully saturated rings. The molecular weight excluding hydrogens is 323 g/mol. The van der Waals surface area contributed by atoms with Gasteiger partial charge in [-0.2, -0.15) is 0 Å². The van der Waals surface area contributed by atoms with Crippen LogP contribution in [0.1, 0.15) is 97.3 Å². The summed E-state index contributed by atoms with van der Waals surface area (Å²) < 4.78 is 33.9. The molecule has 4 nitrogen and oxygen atoms in total. The number of aliphatic hydroxyl groups excluding tert-OH is 1. The van der Waals surface area contributed by atoms with Crippen LogP contribution in [-0.4, -0.2) is 29.4 Å². The van der Waals surface area contributed by atoms with E-state index in [-0.39, 0.29) is 36.0 Å². The monoisotopic (exact) mass is 358 g/mol. The molecule has 0 aliphatic rings. The molecule has 6 heteroatoms. The van der Waals surface area contributed by atoms with Crippen molar-refractivity contribution in [1.29, 1.82) is 0 Å². The van der Waals surface area contributed by atoms with Crippen LogP contribution in [-0.2, 0) is 10.1 Å². The van der Waals surface area contributed by atoms with Gasteiger partial charge >= 0.3 is 29.6 Å². The van der Waals surface area contributed by atoms with Gasteiger partial charge in [-0.3, -0.25) is 0 Å². The van der Waals surface area contributed by atoms with Crippen LogP contribution in [0.2, 0.25) is 0 Å². The van der Waals surface area contributed by atoms with Gasteiger partial charge in [0.1, 0.15) is 10.1 Å². The minimum Gasteiger partial charge on any atom is -0.748 e. The van der Waals surface area contributed by atoms with Gasteiger partial charge in [-0.05, 0) is 12.8 Å². The second-order valence-corrected chi connectivity index (χ2v) is 7.95. The summed E-state index contributed by atoms with van der Waals surface area (Å²) in [6.07, 6.45) is 11.5. The molecule has 0 aromatic carbocycles. The summed E-state index contributed by atoms with van der Waals surface area (Å²) in [4.78, 5) is 0. The minimum atomic E-state index is -4.40. The van der Waals surface area contributed by atoms with Gasteiger partial charge < -0.3 is 9.66 Å². The third-order valence-corrected chi connectivity index (χ3v) is 5.54. The van der Waals surface area contributed by atoms with Crippen molar-refractivity contribution < 1.29 is 47.6 Å². The van der Waals surface area contributed by atoms with Gasteiger partial charge in [-0.15, -0.1) is 0 Å². The van der Waals surface area contributed by atoms with Crippen LogP contribution in [0.3, 0.4) is 0 Å². The largest absolute Gasteiger partial charge is 1.00 e. The molecule has 0 saturated carbocycles. The van der Waals surface area contributed by atoms with Crippen LogP contribution in [0.15, 0.2) is 0 Å². The second kappa shape index (κ2) is 16.3. The number of aliphatic hydroxyl groups is 1. The molecule has 23 heavy (non-hydrogen) atoms. The Kier molecular flexibility index (Phi) is 18.5. The average molecular weight is 359 g/mol. The van der Waals surface area contributed by atoms with Crippen molar-refractivity contribution in [2.24, 2.45) is 0 Å². The molecule has 0 aromatic rings. The summed E-state index contributed by atoms with van der Waals surface area (Å²) in [7, 11) is -4.40. The van der Waals surface area contributed by atoms with Crippen molar-refractivity contribution in [2.75, 3.05) is 0 Å². The van der Waals surface area contributed by atoms with Gasteiger partial charge in [-0.1, -0.05) is 84.5 Å². The smallest absolute Gasteiger partial charge is 0.748 e. The zero-order chi connectivity index (χ0) is 16.8. The van der Waals surface area contributed by atoms with E-state index >= 15 is 0 Å². The molecule has 0 rings (SSSR count). The topological polar surface area (TPSA) is 77.4 Å². The van der Waals surface area contributed by atoms with Gasteiger partial charge in [0.2, 0.25) is 0 Å². The van der Waals surface area contributed by atoms with Gasteiger partial charge in [0.25, 0.3) is 0 Å². The van der Waals surface area contributed by atoms with E-state index in [1.807, 2.05) is 6.92 Å². The van der Waals surface area contributed by atoms with Gasteiger partial charge in [0.15, 0.2) is 0 Å². The van der Waals surface area contributed by atoms with Crippen molar-refractivity contribution in [3.63, 3.8) is 0 Å². The molecule has 0 radical (unpaired) electrons. The maximum atomic E-state index is 11.3.